The molecule has 0 aromatic heterocycles. The third-order valence-corrected chi connectivity index (χ3v) is 2.66. The van der Waals surface area contributed by atoms with Crippen LogP contribution in [0.15, 0.2) is 24.3 Å². The molecule has 2 atom stereocenters. The second kappa shape index (κ2) is 4.78. The SMILES string of the molecule is CC(C)[C@@H](O)[C@@H](N)c1ccccc1Cl. The second-order valence-electron chi connectivity index (χ2n) is 3.78. The molecule has 0 aliphatic rings. The van der Waals surface area contributed by atoms with E-state index in [0.717, 1.165) is 5.56 Å². The highest BCUT2D eigenvalue weighted by Crippen LogP contribution is 2.25. The van der Waals surface area contributed by atoms with Crippen molar-refractivity contribution in [1.29, 1.82) is 0 Å². The van der Waals surface area contributed by atoms with Gasteiger partial charge >= 0.3 is 0 Å². The third-order valence-electron chi connectivity index (χ3n) is 2.32. The Morgan fingerprint density at radius 1 is 1.29 bits per heavy atom. The van der Waals surface area contributed by atoms with Gasteiger partial charge < -0.3 is 10.8 Å². The number of aliphatic hydroxyl groups is 1. The van der Waals surface area contributed by atoms with Crippen molar-refractivity contribution in [3.05, 3.63) is 34.9 Å². The van der Waals surface area contributed by atoms with Crippen molar-refractivity contribution >= 4 is 11.6 Å². The Kier molecular flexibility index (Phi) is 3.93. The van der Waals surface area contributed by atoms with Crippen LogP contribution >= 0.6 is 11.6 Å². The number of halogens is 1. The number of rotatable bonds is 3. The molecule has 1 aromatic carbocycles. The Labute approximate surface area is 89.7 Å². The first-order chi connectivity index (χ1) is 6.54. The lowest BCUT2D eigenvalue weighted by atomic mass is 9.94. The van der Waals surface area contributed by atoms with Crippen molar-refractivity contribution in [3.8, 4) is 0 Å². The summed E-state index contributed by atoms with van der Waals surface area (Å²) in [7, 11) is 0. The smallest absolute Gasteiger partial charge is 0.0756 e. The van der Waals surface area contributed by atoms with Gasteiger partial charge in [-0.25, -0.2) is 0 Å². The summed E-state index contributed by atoms with van der Waals surface area (Å²) < 4.78 is 0. The van der Waals surface area contributed by atoms with Crippen LogP contribution in [0.5, 0.6) is 0 Å². The predicted molar refractivity (Wildman–Crippen MR) is 59.2 cm³/mol. The number of nitrogens with two attached hydrogens (primary N) is 1. The zero-order valence-corrected chi connectivity index (χ0v) is 9.20. The molecule has 3 heteroatoms. The van der Waals surface area contributed by atoms with Crippen LogP contribution in [0.4, 0.5) is 0 Å². The van der Waals surface area contributed by atoms with Crippen LogP contribution in [0, 0.1) is 5.92 Å². The first-order valence-electron chi connectivity index (χ1n) is 4.72. The van der Waals surface area contributed by atoms with E-state index in [1.54, 1.807) is 6.07 Å². The van der Waals surface area contributed by atoms with E-state index in [4.69, 9.17) is 17.3 Å². The van der Waals surface area contributed by atoms with Crippen LogP contribution in [0.2, 0.25) is 5.02 Å². The monoisotopic (exact) mass is 213 g/mol. The summed E-state index contributed by atoms with van der Waals surface area (Å²) in [5.41, 5.74) is 6.71. The molecule has 0 aliphatic carbocycles. The van der Waals surface area contributed by atoms with Crippen molar-refractivity contribution in [3.63, 3.8) is 0 Å². The molecule has 1 rings (SSSR count). The molecule has 14 heavy (non-hydrogen) atoms. The van der Waals surface area contributed by atoms with E-state index < -0.39 is 12.1 Å². The number of aliphatic hydroxyl groups excluding tert-OH is 1. The quantitative estimate of drug-likeness (QED) is 0.810. The summed E-state index contributed by atoms with van der Waals surface area (Å²) in [6, 6.07) is 6.93. The largest absolute Gasteiger partial charge is 0.391 e. The highest BCUT2D eigenvalue weighted by Gasteiger charge is 2.21. The normalized spacial score (nSPS) is 15.6. The molecule has 78 valence electrons. The van der Waals surface area contributed by atoms with E-state index in [1.807, 2.05) is 32.0 Å². The van der Waals surface area contributed by atoms with E-state index in [2.05, 4.69) is 0 Å². The summed E-state index contributed by atoms with van der Waals surface area (Å²) in [6.07, 6.45) is -0.560. The summed E-state index contributed by atoms with van der Waals surface area (Å²) in [5.74, 6) is 0.126. The minimum absolute atomic E-state index is 0.126. The molecular formula is C11H16ClNO. The van der Waals surface area contributed by atoms with Gasteiger partial charge in [0.2, 0.25) is 0 Å². The lowest BCUT2D eigenvalue weighted by Crippen LogP contribution is -2.30. The maximum absolute atomic E-state index is 9.79. The minimum Gasteiger partial charge on any atom is -0.391 e. The maximum atomic E-state index is 9.79. The van der Waals surface area contributed by atoms with Crippen molar-refractivity contribution in [2.24, 2.45) is 11.7 Å². The van der Waals surface area contributed by atoms with Crippen molar-refractivity contribution in [1.82, 2.24) is 0 Å². The molecule has 0 bridgehead atoms. The molecule has 0 saturated carbocycles. The third kappa shape index (κ3) is 2.47. The Morgan fingerprint density at radius 3 is 2.36 bits per heavy atom. The van der Waals surface area contributed by atoms with Gasteiger partial charge in [0.05, 0.1) is 12.1 Å². The van der Waals surface area contributed by atoms with Gasteiger partial charge in [0, 0.05) is 5.02 Å². The van der Waals surface area contributed by atoms with Gasteiger partial charge in [-0.3, -0.25) is 0 Å². The second-order valence-corrected chi connectivity index (χ2v) is 4.19. The number of hydrogen-bond donors (Lipinski definition) is 2. The van der Waals surface area contributed by atoms with E-state index in [0.29, 0.717) is 5.02 Å². The van der Waals surface area contributed by atoms with E-state index >= 15 is 0 Å². The molecule has 2 nitrogen and oxygen atoms in total. The lowest BCUT2D eigenvalue weighted by molar-refractivity contribution is 0.0980. The Bertz CT molecular complexity index is 301. The van der Waals surface area contributed by atoms with E-state index in [1.165, 1.54) is 0 Å². The number of hydrogen-bond acceptors (Lipinski definition) is 2. The zero-order chi connectivity index (χ0) is 10.7. The van der Waals surface area contributed by atoms with Crippen LogP contribution in [0.1, 0.15) is 25.5 Å². The number of benzene rings is 1. The molecule has 0 amide bonds. The molecule has 0 heterocycles. The molecule has 0 aliphatic heterocycles. The molecule has 0 unspecified atom stereocenters. The van der Waals surface area contributed by atoms with Gasteiger partial charge in [-0.2, -0.15) is 0 Å². The highest BCUT2D eigenvalue weighted by molar-refractivity contribution is 6.31. The first-order valence-corrected chi connectivity index (χ1v) is 5.10. The maximum Gasteiger partial charge on any atom is 0.0756 e. The lowest BCUT2D eigenvalue weighted by Gasteiger charge is -2.23. The molecule has 0 fully saturated rings. The van der Waals surface area contributed by atoms with Gasteiger partial charge in [0.15, 0.2) is 0 Å². The standard InChI is InChI=1S/C11H16ClNO/c1-7(2)11(14)10(13)8-5-3-4-6-9(8)12/h3-7,10-11,14H,13H2,1-2H3/t10-,11+/m0/s1. The summed E-state index contributed by atoms with van der Waals surface area (Å²) in [4.78, 5) is 0. The van der Waals surface area contributed by atoms with Crippen LogP contribution in [-0.2, 0) is 0 Å². The van der Waals surface area contributed by atoms with Crippen LogP contribution < -0.4 is 5.73 Å². The minimum atomic E-state index is -0.560. The Balaban J connectivity index is 2.89. The molecule has 1 aromatic rings. The van der Waals surface area contributed by atoms with Gasteiger partial charge in [-0.05, 0) is 17.5 Å². The van der Waals surface area contributed by atoms with Gasteiger partial charge in [0.1, 0.15) is 0 Å². The zero-order valence-electron chi connectivity index (χ0n) is 8.44. The van der Waals surface area contributed by atoms with Crippen LogP contribution in [0.3, 0.4) is 0 Å². The fourth-order valence-corrected chi connectivity index (χ4v) is 1.61. The molecule has 0 saturated heterocycles. The molecule has 0 spiro atoms. The molecular weight excluding hydrogens is 198 g/mol. The topological polar surface area (TPSA) is 46.2 Å². The highest BCUT2D eigenvalue weighted by atomic mass is 35.5. The van der Waals surface area contributed by atoms with Crippen molar-refractivity contribution in [2.45, 2.75) is 26.0 Å². The first kappa shape index (κ1) is 11.5. The fourth-order valence-electron chi connectivity index (χ4n) is 1.34. The van der Waals surface area contributed by atoms with Gasteiger partial charge in [0.25, 0.3) is 0 Å². The predicted octanol–water partition coefficient (Wildman–Crippen LogP) is 2.36. The van der Waals surface area contributed by atoms with E-state index in [-0.39, 0.29) is 5.92 Å². The summed E-state index contributed by atoms with van der Waals surface area (Å²) in [6.45, 7) is 3.86. The van der Waals surface area contributed by atoms with Gasteiger partial charge in [-0.1, -0.05) is 43.6 Å². The summed E-state index contributed by atoms with van der Waals surface area (Å²) in [5, 5.41) is 10.4. The average molecular weight is 214 g/mol. The van der Waals surface area contributed by atoms with Crippen LogP contribution in [0.25, 0.3) is 0 Å². The van der Waals surface area contributed by atoms with Crippen molar-refractivity contribution in [2.75, 3.05) is 0 Å². The van der Waals surface area contributed by atoms with Gasteiger partial charge in [-0.15, -0.1) is 0 Å². The fraction of sp³-hybridized carbons (Fsp3) is 0.455. The average Bonchev–Trinajstić information content (AvgIpc) is 2.16. The Hall–Kier alpha value is -0.570. The van der Waals surface area contributed by atoms with Crippen molar-refractivity contribution < 1.29 is 5.11 Å². The van der Waals surface area contributed by atoms with Crippen LogP contribution in [-0.4, -0.2) is 11.2 Å². The molecule has 3 N–H and O–H groups in total. The molecule has 0 radical (unpaired) electrons. The summed E-state index contributed by atoms with van der Waals surface area (Å²) >= 11 is 5.98. The Morgan fingerprint density at radius 2 is 1.86 bits per heavy atom. The van der Waals surface area contributed by atoms with E-state index in [9.17, 15) is 5.11 Å².